The van der Waals surface area contributed by atoms with Crippen molar-refractivity contribution in [1.82, 2.24) is 5.32 Å². The van der Waals surface area contributed by atoms with E-state index in [1.54, 1.807) is 12.1 Å². The quantitative estimate of drug-likeness (QED) is 0.865. The summed E-state index contributed by atoms with van der Waals surface area (Å²) in [6.45, 7) is 2.49. The fourth-order valence-corrected chi connectivity index (χ4v) is 1.68. The first-order valence-corrected chi connectivity index (χ1v) is 5.74. The predicted molar refractivity (Wildman–Crippen MR) is 62.1 cm³/mol. The van der Waals surface area contributed by atoms with Crippen molar-refractivity contribution in [1.29, 1.82) is 0 Å². The summed E-state index contributed by atoms with van der Waals surface area (Å²) in [6.07, 6.45) is 0.826. The molecule has 0 aromatic heterocycles. The van der Waals surface area contributed by atoms with Gasteiger partial charge in [-0.25, -0.2) is 4.39 Å². The first-order chi connectivity index (χ1) is 7.17. The zero-order valence-electron chi connectivity index (χ0n) is 8.63. The van der Waals surface area contributed by atoms with E-state index in [-0.39, 0.29) is 18.5 Å². The van der Waals surface area contributed by atoms with Crippen LogP contribution in [0.2, 0.25) is 0 Å². The highest BCUT2D eigenvalue weighted by atomic mass is 79.9. The first-order valence-electron chi connectivity index (χ1n) is 4.95. The lowest BCUT2D eigenvalue weighted by Gasteiger charge is -2.14. The molecular weight excluding hydrogens is 261 g/mol. The molecule has 0 fully saturated rings. The van der Waals surface area contributed by atoms with Crippen LogP contribution < -0.4 is 5.32 Å². The maximum atomic E-state index is 13.3. The van der Waals surface area contributed by atoms with Crippen LogP contribution in [-0.4, -0.2) is 17.8 Å². The summed E-state index contributed by atoms with van der Waals surface area (Å²) in [6, 6.07) is 4.87. The Balaban J connectivity index is 2.60. The Hall–Kier alpha value is -0.450. The van der Waals surface area contributed by atoms with Crippen molar-refractivity contribution in [2.75, 3.05) is 6.61 Å². The average Bonchev–Trinajstić information content (AvgIpc) is 2.24. The molecule has 0 amide bonds. The zero-order valence-corrected chi connectivity index (χ0v) is 10.2. The lowest BCUT2D eigenvalue weighted by atomic mass is 10.2. The van der Waals surface area contributed by atoms with Crippen molar-refractivity contribution in [2.45, 2.75) is 25.9 Å². The standard InChI is InChI=1S/C11H15BrFNO/c1-2-10(7-15)14-6-8-5-9(12)3-4-11(8)13/h3-5,10,14-15H,2,6-7H2,1H3/t10-/m1/s1. The molecule has 0 saturated heterocycles. The molecule has 2 nitrogen and oxygen atoms in total. The topological polar surface area (TPSA) is 32.3 Å². The van der Waals surface area contributed by atoms with Gasteiger partial charge in [-0.05, 0) is 24.6 Å². The fourth-order valence-electron chi connectivity index (χ4n) is 1.27. The molecule has 0 spiro atoms. The minimum Gasteiger partial charge on any atom is -0.395 e. The number of benzene rings is 1. The zero-order chi connectivity index (χ0) is 11.3. The van der Waals surface area contributed by atoms with Gasteiger partial charge in [-0.3, -0.25) is 0 Å². The molecule has 84 valence electrons. The number of rotatable bonds is 5. The molecule has 1 rings (SSSR count). The molecular formula is C11H15BrFNO. The molecule has 0 radical (unpaired) electrons. The number of hydrogen-bond donors (Lipinski definition) is 2. The van der Waals surface area contributed by atoms with Gasteiger partial charge in [0.05, 0.1) is 6.61 Å². The van der Waals surface area contributed by atoms with Crippen LogP contribution in [0.15, 0.2) is 22.7 Å². The fraction of sp³-hybridized carbons (Fsp3) is 0.455. The van der Waals surface area contributed by atoms with Crippen molar-refractivity contribution >= 4 is 15.9 Å². The maximum absolute atomic E-state index is 13.3. The molecule has 15 heavy (non-hydrogen) atoms. The summed E-state index contributed by atoms with van der Waals surface area (Å²) in [5.41, 5.74) is 0.608. The second kappa shape index (κ2) is 6.20. The summed E-state index contributed by atoms with van der Waals surface area (Å²) in [5, 5.41) is 12.1. The first kappa shape index (κ1) is 12.6. The Morgan fingerprint density at radius 1 is 1.53 bits per heavy atom. The Morgan fingerprint density at radius 3 is 2.87 bits per heavy atom. The number of aliphatic hydroxyl groups is 1. The highest BCUT2D eigenvalue weighted by molar-refractivity contribution is 9.10. The van der Waals surface area contributed by atoms with E-state index in [1.807, 2.05) is 6.92 Å². The molecule has 0 aliphatic rings. The largest absolute Gasteiger partial charge is 0.395 e. The van der Waals surface area contributed by atoms with Crippen LogP contribution in [0.4, 0.5) is 4.39 Å². The number of halogens is 2. The van der Waals surface area contributed by atoms with Crippen LogP contribution in [0.1, 0.15) is 18.9 Å². The molecule has 0 heterocycles. The molecule has 0 aliphatic carbocycles. The highest BCUT2D eigenvalue weighted by Crippen LogP contribution is 2.15. The second-order valence-corrected chi connectivity index (χ2v) is 4.32. The van der Waals surface area contributed by atoms with E-state index in [0.717, 1.165) is 10.9 Å². The average molecular weight is 276 g/mol. The molecule has 0 saturated carbocycles. The smallest absolute Gasteiger partial charge is 0.127 e. The predicted octanol–water partition coefficient (Wildman–Crippen LogP) is 2.45. The summed E-state index contributed by atoms with van der Waals surface area (Å²) in [4.78, 5) is 0. The van der Waals surface area contributed by atoms with Gasteiger partial charge < -0.3 is 10.4 Å². The molecule has 2 N–H and O–H groups in total. The maximum Gasteiger partial charge on any atom is 0.127 e. The molecule has 4 heteroatoms. The van der Waals surface area contributed by atoms with Crippen molar-refractivity contribution in [2.24, 2.45) is 0 Å². The number of aliphatic hydroxyl groups excluding tert-OH is 1. The molecule has 1 atom stereocenters. The minimum atomic E-state index is -0.224. The number of hydrogen-bond acceptors (Lipinski definition) is 2. The van der Waals surface area contributed by atoms with Gasteiger partial charge >= 0.3 is 0 Å². The normalized spacial score (nSPS) is 12.8. The molecule has 0 aliphatic heterocycles. The van der Waals surface area contributed by atoms with Crippen LogP contribution in [0.5, 0.6) is 0 Å². The van der Waals surface area contributed by atoms with Crippen molar-refractivity contribution < 1.29 is 9.50 Å². The van der Waals surface area contributed by atoms with Gasteiger partial charge in [0.15, 0.2) is 0 Å². The van der Waals surface area contributed by atoms with Gasteiger partial charge in [0.25, 0.3) is 0 Å². The third-order valence-corrected chi connectivity index (χ3v) is 2.80. The highest BCUT2D eigenvalue weighted by Gasteiger charge is 2.06. The Bertz CT molecular complexity index is 315. The molecule has 0 unspecified atom stereocenters. The second-order valence-electron chi connectivity index (χ2n) is 3.40. The Morgan fingerprint density at radius 2 is 2.27 bits per heavy atom. The van der Waals surface area contributed by atoms with E-state index < -0.39 is 0 Å². The van der Waals surface area contributed by atoms with Crippen molar-refractivity contribution in [3.63, 3.8) is 0 Å². The summed E-state index contributed by atoms with van der Waals surface area (Å²) in [7, 11) is 0. The third kappa shape index (κ3) is 3.89. The van der Waals surface area contributed by atoms with E-state index in [1.165, 1.54) is 6.07 Å². The SMILES string of the molecule is CC[C@H](CO)NCc1cc(Br)ccc1F. The molecule has 1 aromatic rings. The third-order valence-electron chi connectivity index (χ3n) is 2.30. The number of nitrogens with one attached hydrogen (secondary N) is 1. The Labute approximate surface area is 97.6 Å². The summed E-state index contributed by atoms with van der Waals surface area (Å²) < 4.78 is 14.2. The van der Waals surface area contributed by atoms with Gasteiger partial charge in [0.2, 0.25) is 0 Å². The van der Waals surface area contributed by atoms with E-state index in [9.17, 15) is 4.39 Å². The van der Waals surface area contributed by atoms with Crippen LogP contribution in [-0.2, 0) is 6.54 Å². The van der Waals surface area contributed by atoms with Gasteiger partial charge in [-0.15, -0.1) is 0 Å². The molecule has 1 aromatic carbocycles. The lowest BCUT2D eigenvalue weighted by Crippen LogP contribution is -2.31. The summed E-state index contributed by atoms with van der Waals surface area (Å²) >= 11 is 3.29. The van der Waals surface area contributed by atoms with Gasteiger partial charge in [0, 0.05) is 22.6 Å². The van der Waals surface area contributed by atoms with Crippen LogP contribution in [0, 0.1) is 5.82 Å². The van der Waals surface area contributed by atoms with Crippen LogP contribution in [0.3, 0.4) is 0 Å². The van der Waals surface area contributed by atoms with E-state index in [4.69, 9.17) is 5.11 Å². The van der Waals surface area contributed by atoms with E-state index >= 15 is 0 Å². The van der Waals surface area contributed by atoms with Gasteiger partial charge in [0.1, 0.15) is 5.82 Å². The van der Waals surface area contributed by atoms with Crippen LogP contribution >= 0.6 is 15.9 Å². The van der Waals surface area contributed by atoms with Crippen molar-refractivity contribution in [3.05, 3.63) is 34.1 Å². The molecule has 0 bridgehead atoms. The van der Waals surface area contributed by atoms with E-state index in [2.05, 4.69) is 21.2 Å². The van der Waals surface area contributed by atoms with Crippen molar-refractivity contribution in [3.8, 4) is 0 Å². The lowest BCUT2D eigenvalue weighted by molar-refractivity contribution is 0.238. The van der Waals surface area contributed by atoms with E-state index in [0.29, 0.717) is 12.1 Å². The Kier molecular flexibility index (Phi) is 5.22. The van der Waals surface area contributed by atoms with Gasteiger partial charge in [-0.2, -0.15) is 0 Å². The monoisotopic (exact) mass is 275 g/mol. The minimum absolute atomic E-state index is 0.0309. The summed E-state index contributed by atoms with van der Waals surface area (Å²) in [5.74, 6) is -0.224. The van der Waals surface area contributed by atoms with Crippen LogP contribution in [0.25, 0.3) is 0 Å². The van der Waals surface area contributed by atoms with Gasteiger partial charge in [-0.1, -0.05) is 22.9 Å².